The summed E-state index contributed by atoms with van der Waals surface area (Å²) in [6.07, 6.45) is 2.14. The molecule has 2 aromatic heterocycles. The molecule has 0 fully saturated rings. The summed E-state index contributed by atoms with van der Waals surface area (Å²) in [5.74, 6) is -0.922. The number of nitrogens with zero attached hydrogens (tertiary/aromatic N) is 3. The lowest BCUT2D eigenvalue weighted by Gasteiger charge is -2.12. The molecule has 6 nitrogen and oxygen atoms in total. The fourth-order valence-electron chi connectivity index (χ4n) is 2.40. The number of carbonyl (C=O) groups excluding carboxylic acids is 1. The van der Waals surface area contributed by atoms with Gasteiger partial charge in [-0.3, -0.25) is 4.79 Å². The van der Waals surface area contributed by atoms with Gasteiger partial charge in [-0.25, -0.2) is 13.9 Å². The molecule has 23 heavy (non-hydrogen) atoms. The number of aryl methyl sites for hydroxylation is 1. The van der Waals surface area contributed by atoms with Gasteiger partial charge in [-0.15, -0.1) is 0 Å². The lowest BCUT2D eigenvalue weighted by Crippen LogP contribution is -2.29. The molecule has 0 aliphatic heterocycles. The number of amides is 1. The molecule has 1 unspecified atom stereocenters. The Morgan fingerprint density at radius 1 is 1.39 bits per heavy atom. The van der Waals surface area contributed by atoms with Gasteiger partial charge in [0.25, 0.3) is 5.91 Å². The first-order valence-corrected chi connectivity index (χ1v) is 7.08. The fraction of sp³-hybridized carbons (Fsp3) is 0.188. The molecule has 3 aromatic rings. The van der Waals surface area contributed by atoms with Crippen LogP contribution in [0.15, 0.2) is 42.7 Å². The van der Waals surface area contributed by atoms with Crippen LogP contribution < -0.4 is 5.32 Å². The molecule has 1 aromatic carbocycles. The second-order valence-corrected chi connectivity index (χ2v) is 5.10. The Hall–Kier alpha value is -2.80. The lowest BCUT2D eigenvalue weighted by atomic mass is 10.1. The van der Waals surface area contributed by atoms with E-state index in [0.717, 1.165) is 0 Å². The van der Waals surface area contributed by atoms with Gasteiger partial charge in [0.1, 0.15) is 11.4 Å². The molecule has 118 valence electrons. The Labute approximate surface area is 131 Å². The molecule has 2 heterocycles. The van der Waals surface area contributed by atoms with Gasteiger partial charge in [-0.2, -0.15) is 5.10 Å². The van der Waals surface area contributed by atoms with Gasteiger partial charge < -0.3 is 10.4 Å². The number of halogens is 1. The number of aliphatic hydroxyl groups is 1. The van der Waals surface area contributed by atoms with Crippen LogP contribution in [-0.2, 0) is 0 Å². The van der Waals surface area contributed by atoms with Gasteiger partial charge in [0.15, 0.2) is 5.65 Å². The van der Waals surface area contributed by atoms with Crippen molar-refractivity contribution in [1.82, 2.24) is 19.9 Å². The summed E-state index contributed by atoms with van der Waals surface area (Å²) in [5, 5.41) is 16.8. The quantitative estimate of drug-likeness (QED) is 0.767. The van der Waals surface area contributed by atoms with E-state index < -0.39 is 17.8 Å². The Balaban J connectivity index is 1.77. The van der Waals surface area contributed by atoms with Crippen molar-refractivity contribution in [1.29, 1.82) is 0 Å². The third-order valence-corrected chi connectivity index (χ3v) is 3.52. The van der Waals surface area contributed by atoms with Crippen LogP contribution in [-0.4, -0.2) is 32.2 Å². The molecule has 0 saturated carbocycles. The van der Waals surface area contributed by atoms with Crippen LogP contribution in [0.25, 0.3) is 5.65 Å². The third kappa shape index (κ3) is 2.91. The molecule has 1 amide bonds. The third-order valence-electron chi connectivity index (χ3n) is 3.52. The van der Waals surface area contributed by atoms with Crippen LogP contribution in [0.5, 0.6) is 0 Å². The lowest BCUT2D eigenvalue weighted by molar-refractivity contribution is 0.0915. The Bertz CT molecular complexity index is 862. The van der Waals surface area contributed by atoms with E-state index in [1.54, 1.807) is 31.5 Å². The number of benzene rings is 1. The van der Waals surface area contributed by atoms with E-state index in [2.05, 4.69) is 15.4 Å². The van der Waals surface area contributed by atoms with Crippen molar-refractivity contribution in [2.45, 2.75) is 13.0 Å². The number of fused-ring (bicyclic) bond motifs is 1. The first-order valence-electron chi connectivity index (χ1n) is 7.08. The summed E-state index contributed by atoms with van der Waals surface area (Å²) >= 11 is 0. The minimum atomic E-state index is -1.13. The van der Waals surface area contributed by atoms with Crippen LogP contribution in [0.3, 0.4) is 0 Å². The number of hydrogen-bond donors (Lipinski definition) is 2. The zero-order chi connectivity index (χ0) is 16.4. The Kier molecular flexibility index (Phi) is 4.03. The van der Waals surface area contributed by atoms with Crippen LogP contribution in [0, 0.1) is 12.7 Å². The minimum absolute atomic E-state index is 0.108. The van der Waals surface area contributed by atoms with Crippen LogP contribution in [0.4, 0.5) is 4.39 Å². The second-order valence-electron chi connectivity index (χ2n) is 5.10. The maximum atomic E-state index is 13.6. The summed E-state index contributed by atoms with van der Waals surface area (Å²) in [4.78, 5) is 16.5. The number of hydrogen-bond acceptors (Lipinski definition) is 4. The summed E-state index contributed by atoms with van der Waals surface area (Å²) in [6.45, 7) is 1.60. The van der Waals surface area contributed by atoms with Gasteiger partial charge in [0, 0.05) is 24.5 Å². The van der Waals surface area contributed by atoms with Gasteiger partial charge in [0.05, 0.1) is 11.8 Å². The maximum absolute atomic E-state index is 13.6. The van der Waals surface area contributed by atoms with E-state index in [1.807, 2.05) is 0 Å². The Morgan fingerprint density at radius 3 is 2.96 bits per heavy atom. The first-order chi connectivity index (χ1) is 11.1. The molecular weight excluding hydrogens is 299 g/mol. The minimum Gasteiger partial charge on any atom is -0.386 e. The number of nitrogens with one attached hydrogen (secondary N) is 1. The highest BCUT2D eigenvalue weighted by Gasteiger charge is 2.19. The standard InChI is InChI=1S/C16H15FN4O2/c1-10-14(15-18-7-4-8-21(15)20-10)16(23)19-9-13(22)11-5-2-3-6-12(11)17/h2-8,13,22H,9H2,1H3,(H,19,23). The molecule has 0 aliphatic rings. The number of aliphatic hydroxyl groups excluding tert-OH is 1. The molecule has 7 heteroatoms. The van der Waals surface area contributed by atoms with Crippen molar-refractivity contribution in [3.8, 4) is 0 Å². The molecule has 0 aliphatic carbocycles. The van der Waals surface area contributed by atoms with Crippen molar-refractivity contribution in [2.24, 2.45) is 0 Å². The van der Waals surface area contributed by atoms with Gasteiger partial charge in [0.2, 0.25) is 0 Å². The van der Waals surface area contributed by atoms with Gasteiger partial charge >= 0.3 is 0 Å². The van der Waals surface area contributed by atoms with E-state index in [0.29, 0.717) is 16.9 Å². The van der Waals surface area contributed by atoms with E-state index in [-0.39, 0.29) is 12.1 Å². The predicted octanol–water partition coefficient (Wildman–Crippen LogP) is 1.64. The highest BCUT2D eigenvalue weighted by molar-refractivity contribution is 6.00. The Morgan fingerprint density at radius 2 is 2.17 bits per heavy atom. The smallest absolute Gasteiger partial charge is 0.257 e. The van der Waals surface area contributed by atoms with Crippen LogP contribution >= 0.6 is 0 Å². The average molecular weight is 314 g/mol. The van der Waals surface area contributed by atoms with Crippen molar-refractivity contribution >= 4 is 11.6 Å². The fourth-order valence-corrected chi connectivity index (χ4v) is 2.40. The summed E-state index contributed by atoms with van der Waals surface area (Å²) in [6, 6.07) is 7.62. The molecule has 0 bridgehead atoms. The van der Waals surface area contributed by atoms with E-state index in [4.69, 9.17) is 0 Å². The van der Waals surface area contributed by atoms with Crippen LogP contribution in [0.2, 0.25) is 0 Å². The number of carbonyl (C=O) groups is 1. The van der Waals surface area contributed by atoms with Crippen LogP contribution in [0.1, 0.15) is 27.7 Å². The van der Waals surface area contributed by atoms with Crippen molar-refractivity contribution < 1.29 is 14.3 Å². The van der Waals surface area contributed by atoms with E-state index in [1.165, 1.54) is 22.7 Å². The largest absolute Gasteiger partial charge is 0.386 e. The second kappa shape index (κ2) is 6.13. The molecule has 1 atom stereocenters. The summed E-state index contributed by atoms with van der Waals surface area (Å²) in [7, 11) is 0. The van der Waals surface area contributed by atoms with E-state index in [9.17, 15) is 14.3 Å². The normalized spacial score (nSPS) is 12.3. The van der Waals surface area contributed by atoms with Gasteiger partial charge in [-0.1, -0.05) is 18.2 Å². The molecule has 0 saturated heterocycles. The summed E-state index contributed by atoms with van der Waals surface area (Å²) in [5.41, 5.74) is 1.44. The zero-order valence-electron chi connectivity index (χ0n) is 12.4. The molecule has 3 rings (SSSR count). The molecule has 0 spiro atoms. The number of aromatic nitrogens is 3. The van der Waals surface area contributed by atoms with Gasteiger partial charge in [-0.05, 0) is 19.1 Å². The van der Waals surface area contributed by atoms with Crippen molar-refractivity contribution in [3.05, 3.63) is 65.4 Å². The average Bonchev–Trinajstić information content (AvgIpc) is 2.88. The van der Waals surface area contributed by atoms with Crippen molar-refractivity contribution in [2.75, 3.05) is 6.54 Å². The van der Waals surface area contributed by atoms with E-state index >= 15 is 0 Å². The highest BCUT2D eigenvalue weighted by atomic mass is 19.1. The highest BCUT2D eigenvalue weighted by Crippen LogP contribution is 2.17. The number of rotatable bonds is 4. The zero-order valence-corrected chi connectivity index (χ0v) is 12.4. The first kappa shape index (κ1) is 15.1. The monoisotopic (exact) mass is 314 g/mol. The van der Waals surface area contributed by atoms with Crippen molar-refractivity contribution in [3.63, 3.8) is 0 Å². The topological polar surface area (TPSA) is 79.5 Å². The molecule has 2 N–H and O–H groups in total. The molecule has 0 radical (unpaired) electrons. The maximum Gasteiger partial charge on any atom is 0.257 e. The SMILES string of the molecule is Cc1nn2cccnc2c1C(=O)NCC(O)c1ccccc1F. The summed E-state index contributed by atoms with van der Waals surface area (Å²) < 4.78 is 15.1. The predicted molar refractivity (Wildman–Crippen MR) is 81.4 cm³/mol. The molecular formula is C16H15FN4O2.